The van der Waals surface area contributed by atoms with Crippen molar-refractivity contribution < 1.29 is 9.59 Å². The van der Waals surface area contributed by atoms with Gasteiger partial charge in [0.15, 0.2) is 0 Å². The number of carbonyl (C=O) groups is 2. The SMILES string of the molecule is CCN([NH-])c1ccc(C2CCC(N3CC(NC(=O)CNC(=O)c4cccc(C)c4)C3)CC2)nc1. The molecule has 3 N–H and O–H groups in total. The molecule has 8 nitrogen and oxygen atoms in total. The molecule has 4 rings (SSSR count). The maximum Gasteiger partial charge on any atom is 0.251 e. The van der Waals surface area contributed by atoms with E-state index >= 15 is 0 Å². The Hall–Kier alpha value is -2.97. The van der Waals surface area contributed by atoms with E-state index in [1.165, 1.54) is 5.01 Å². The predicted molar refractivity (Wildman–Crippen MR) is 134 cm³/mol. The van der Waals surface area contributed by atoms with Crippen LogP contribution in [0.5, 0.6) is 0 Å². The lowest BCUT2D eigenvalue weighted by atomic mass is 9.82. The lowest BCUT2D eigenvalue weighted by molar-refractivity contribution is -0.122. The lowest BCUT2D eigenvalue weighted by Gasteiger charge is -2.46. The molecule has 2 aliphatic rings. The Balaban J connectivity index is 1.14. The van der Waals surface area contributed by atoms with Gasteiger partial charge < -0.3 is 21.5 Å². The number of anilines is 1. The minimum Gasteiger partial charge on any atom is -0.583 e. The van der Waals surface area contributed by atoms with Gasteiger partial charge in [-0.15, -0.1) is 0 Å². The zero-order chi connectivity index (χ0) is 24.1. The van der Waals surface area contributed by atoms with Gasteiger partial charge in [-0.25, -0.2) is 0 Å². The average Bonchev–Trinajstić information content (AvgIpc) is 2.84. The number of pyridine rings is 1. The summed E-state index contributed by atoms with van der Waals surface area (Å²) in [7, 11) is 0. The van der Waals surface area contributed by atoms with Crippen LogP contribution in [0.1, 0.15) is 60.1 Å². The highest BCUT2D eigenvalue weighted by molar-refractivity contribution is 5.96. The Morgan fingerprint density at radius 2 is 1.91 bits per heavy atom. The van der Waals surface area contributed by atoms with Crippen LogP contribution < -0.4 is 15.6 Å². The Labute approximate surface area is 201 Å². The van der Waals surface area contributed by atoms with Crippen LogP contribution in [0.3, 0.4) is 0 Å². The highest BCUT2D eigenvalue weighted by atomic mass is 16.2. The highest BCUT2D eigenvalue weighted by Gasteiger charge is 2.35. The molecule has 2 amide bonds. The molecule has 2 aromatic rings. The van der Waals surface area contributed by atoms with Gasteiger partial charge in [0, 0.05) is 48.2 Å². The standard InChI is InChI=1S/C26H35N6O2/c1-3-32(27)23-11-12-24(28-14-23)19-7-9-22(10-8-19)31-16-21(17-31)30-25(33)15-29-26(34)20-6-4-5-18(2)13-20/h4-6,11-14,19,21-22,27H,3,7-10,15-17H2,1-2H3,(H,29,34)(H,30,33)/q-1. The molecule has 0 spiro atoms. The largest absolute Gasteiger partial charge is 0.583 e. The number of nitrogens with zero attached hydrogens (tertiary/aromatic N) is 3. The van der Waals surface area contributed by atoms with Crippen molar-refractivity contribution >= 4 is 17.5 Å². The average molecular weight is 464 g/mol. The number of benzene rings is 1. The minimum atomic E-state index is -0.225. The first-order valence-electron chi connectivity index (χ1n) is 12.3. The van der Waals surface area contributed by atoms with Crippen molar-refractivity contribution in [3.8, 4) is 0 Å². The fourth-order valence-electron chi connectivity index (χ4n) is 4.95. The smallest absolute Gasteiger partial charge is 0.251 e. The summed E-state index contributed by atoms with van der Waals surface area (Å²) in [4.78, 5) is 31.5. The molecule has 0 bridgehead atoms. The molecule has 1 aromatic heterocycles. The van der Waals surface area contributed by atoms with Gasteiger partial charge in [0.25, 0.3) is 5.91 Å². The van der Waals surface area contributed by atoms with Crippen LogP contribution in [-0.4, -0.2) is 60.0 Å². The number of nitrogens with one attached hydrogen (secondary N) is 3. The van der Waals surface area contributed by atoms with Crippen molar-refractivity contribution in [1.29, 1.82) is 0 Å². The maximum atomic E-state index is 12.3. The van der Waals surface area contributed by atoms with Crippen molar-refractivity contribution in [3.05, 3.63) is 65.3 Å². The molecule has 1 saturated heterocycles. The minimum absolute atomic E-state index is 0.00356. The molecule has 34 heavy (non-hydrogen) atoms. The van der Waals surface area contributed by atoms with Crippen LogP contribution in [0.4, 0.5) is 5.69 Å². The highest BCUT2D eigenvalue weighted by Crippen LogP contribution is 2.35. The fraction of sp³-hybridized carbons (Fsp3) is 0.500. The van der Waals surface area contributed by atoms with E-state index < -0.39 is 0 Å². The Morgan fingerprint density at radius 1 is 1.15 bits per heavy atom. The Bertz CT molecular complexity index is 981. The summed E-state index contributed by atoms with van der Waals surface area (Å²) < 4.78 is 0. The van der Waals surface area contributed by atoms with E-state index in [4.69, 9.17) is 5.84 Å². The second-order valence-electron chi connectivity index (χ2n) is 9.46. The molecule has 2 fully saturated rings. The molecule has 1 saturated carbocycles. The first kappa shape index (κ1) is 24.2. The van der Waals surface area contributed by atoms with Crippen molar-refractivity contribution in [3.63, 3.8) is 0 Å². The molecule has 1 aliphatic carbocycles. The van der Waals surface area contributed by atoms with Gasteiger partial charge in [-0.3, -0.25) is 19.5 Å². The summed E-state index contributed by atoms with van der Waals surface area (Å²) in [5.41, 5.74) is 3.56. The normalized spacial score (nSPS) is 20.9. The van der Waals surface area contributed by atoms with E-state index in [2.05, 4.69) is 26.6 Å². The molecule has 182 valence electrons. The van der Waals surface area contributed by atoms with E-state index in [-0.39, 0.29) is 24.4 Å². The lowest BCUT2D eigenvalue weighted by Crippen LogP contribution is -2.63. The third kappa shape index (κ3) is 5.93. The van der Waals surface area contributed by atoms with Crippen LogP contribution in [0.2, 0.25) is 0 Å². The molecular weight excluding hydrogens is 428 g/mol. The summed E-state index contributed by atoms with van der Waals surface area (Å²) in [6.07, 6.45) is 6.33. The van der Waals surface area contributed by atoms with Gasteiger partial charge in [0.2, 0.25) is 5.91 Å². The van der Waals surface area contributed by atoms with Crippen molar-refractivity contribution in [1.82, 2.24) is 20.5 Å². The van der Waals surface area contributed by atoms with Gasteiger partial charge in [0.05, 0.1) is 12.6 Å². The predicted octanol–water partition coefficient (Wildman–Crippen LogP) is 3.44. The molecule has 1 aliphatic heterocycles. The second-order valence-corrected chi connectivity index (χ2v) is 9.46. The number of carbonyl (C=O) groups excluding carboxylic acids is 2. The molecule has 0 atom stereocenters. The number of aryl methyl sites for hydroxylation is 1. The third-order valence-electron chi connectivity index (χ3n) is 6.99. The number of rotatable bonds is 8. The van der Waals surface area contributed by atoms with Crippen LogP contribution in [-0.2, 0) is 4.79 Å². The van der Waals surface area contributed by atoms with Gasteiger partial charge in [-0.1, -0.05) is 17.7 Å². The molecular formula is C26H35N6O2-. The first-order valence-corrected chi connectivity index (χ1v) is 12.3. The summed E-state index contributed by atoms with van der Waals surface area (Å²) in [5, 5.41) is 7.19. The van der Waals surface area contributed by atoms with Gasteiger partial charge in [-0.2, -0.15) is 0 Å². The monoisotopic (exact) mass is 463 g/mol. The Morgan fingerprint density at radius 3 is 2.56 bits per heavy atom. The Kier molecular flexibility index (Phi) is 7.80. The quantitative estimate of drug-likeness (QED) is 0.584. The maximum absolute atomic E-state index is 12.3. The molecule has 2 heterocycles. The summed E-state index contributed by atoms with van der Waals surface area (Å²) in [6.45, 7) is 6.28. The third-order valence-corrected chi connectivity index (χ3v) is 6.99. The summed E-state index contributed by atoms with van der Waals surface area (Å²) >= 11 is 0. The van der Waals surface area contributed by atoms with Gasteiger partial charge in [-0.05, 0) is 70.3 Å². The van der Waals surface area contributed by atoms with Crippen molar-refractivity contribution in [2.75, 3.05) is 31.2 Å². The number of hydrogen-bond donors (Lipinski definition) is 2. The van der Waals surface area contributed by atoms with Crippen molar-refractivity contribution in [2.45, 2.75) is 57.5 Å². The van der Waals surface area contributed by atoms with Gasteiger partial charge in [0.1, 0.15) is 0 Å². The second kappa shape index (κ2) is 11.0. The van der Waals surface area contributed by atoms with Crippen molar-refractivity contribution in [2.24, 2.45) is 0 Å². The van der Waals surface area contributed by atoms with Crippen LogP contribution in [0.15, 0.2) is 42.6 Å². The first-order chi connectivity index (χ1) is 16.4. The van der Waals surface area contributed by atoms with E-state index in [1.54, 1.807) is 6.07 Å². The molecule has 0 unspecified atom stereocenters. The number of hydrogen-bond acceptors (Lipinski definition) is 5. The zero-order valence-corrected chi connectivity index (χ0v) is 20.1. The van der Waals surface area contributed by atoms with E-state index in [1.807, 2.05) is 44.3 Å². The van der Waals surface area contributed by atoms with E-state index in [9.17, 15) is 9.59 Å². The van der Waals surface area contributed by atoms with E-state index in [0.29, 0.717) is 24.1 Å². The number of likely N-dealkylation sites (tertiary alicyclic amines) is 1. The van der Waals surface area contributed by atoms with Crippen LogP contribution in [0.25, 0.3) is 5.84 Å². The summed E-state index contributed by atoms with van der Waals surface area (Å²) in [5.74, 6) is 7.99. The molecule has 1 aromatic carbocycles. The molecule has 8 heteroatoms. The van der Waals surface area contributed by atoms with Crippen LogP contribution >= 0.6 is 0 Å². The topological polar surface area (TPSA) is 101 Å². The van der Waals surface area contributed by atoms with E-state index in [0.717, 1.165) is 55.7 Å². The summed E-state index contributed by atoms with van der Waals surface area (Å²) in [6, 6.07) is 12.1. The van der Waals surface area contributed by atoms with Gasteiger partial charge >= 0.3 is 0 Å². The van der Waals surface area contributed by atoms with Crippen LogP contribution in [0, 0.1) is 6.92 Å². The zero-order valence-electron chi connectivity index (χ0n) is 20.1. The fourth-order valence-corrected chi connectivity index (χ4v) is 4.95. The number of aromatic nitrogens is 1. The molecule has 0 radical (unpaired) electrons. The number of amides is 2.